The van der Waals surface area contributed by atoms with Crippen LogP contribution in [0.25, 0.3) is 0 Å². The monoisotopic (exact) mass is 241 g/mol. The highest BCUT2D eigenvalue weighted by molar-refractivity contribution is 6.18. The first-order valence-corrected chi connectivity index (χ1v) is 6.59. The van der Waals surface area contributed by atoms with Gasteiger partial charge < -0.3 is 0 Å². The van der Waals surface area contributed by atoms with Gasteiger partial charge in [0, 0.05) is 25.5 Å². The molecule has 0 aromatic carbocycles. The normalized spacial score (nSPS) is 21.8. The Balaban J connectivity index is 2.05. The van der Waals surface area contributed by atoms with E-state index in [0.717, 1.165) is 18.8 Å². The Morgan fingerprint density at radius 3 is 3.00 bits per heavy atom. The number of aromatic nitrogens is 2. The highest BCUT2D eigenvalue weighted by Crippen LogP contribution is 2.21. The molecular weight excluding hydrogens is 222 g/mol. The number of rotatable bonds is 4. The molecule has 1 aliphatic heterocycles. The molecule has 0 spiro atoms. The van der Waals surface area contributed by atoms with Gasteiger partial charge in [-0.15, -0.1) is 11.6 Å². The highest BCUT2D eigenvalue weighted by Gasteiger charge is 2.24. The van der Waals surface area contributed by atoms with E-state index in [2.05, 4.69) is 23.0 Å². The first kappa shape index (κ1) is 11.9. The Morgan fingerprint density at radius 2 is 2.38 bits per heavy atom. The summed E-state index contributed by atoms with van der Waals surface area (Å²) in [4.78, 5) is 2.48. The van der Waals surface area contributed by atoms with Gasteiger partial charge in [0.1, 0.15) is 0 Å². The van der Waals surface area contributed by atoms with Crippen molar-refractivity contribution in [1.29, 1.82) is 0 Å². The predicted octanol–water partition coefficient (Wildman–Crippen LogP) is 2.19. The Labute approximate surface area is 102 Å². The lowest BCUT2D eigenvalue weighted by atomic mass is 10.2. The first-order valence-electron chi connectivity index (χ1n) is 6.06. The topological polar surface area (TPSA) is 21.1 Å². The van der Waals surface area contributed by atoms with Gasteiger partial charge in [0.15, 0.2) is 0 Å². The van der Waals surface area contributed by atoms with E-state index >= 15 is 0 Å². The third-order valence-electron chi connectivity index (χ3n) is 3.43. The Kier molecular flexibility index (Phi) is 3.87. The van der Waals surface area contributed by atoms with E-state index < -0.39 is 0 Å². The van der Waals surface area contributed by atoms with Crippen molar-refractivity contribution in [1.82, 2.24) is 14.7 Å². The summed E-state index contributed by atoms with van der Waals surface area (Å²) in [6.07, 6.45) is 3.52. The number of nitrogens with zero attached hydrogens (tertiary/aromatic N) is 3. The van der Waals surface area contributed by atoms with Crippen LogP contribution in [0.15, 0.2) is 6.07 Å². The molecule has 1 aliphatic rings. The summed E-state index contributed by atoms with van der Waals surface area (Å²) in [5, 5.41) is 4.48. The maximum Gasteiger partial charge on any atom is 0.0625 e. The number of hydrogen-bond acceptors (Lipinski definition) is 2. The fraction of sp³-hybridized carbons (Fsp3) is 0.750. The number of halogens is 1. The maximum atomic E-state index is 5.98. The molecule has 0 saturated carbocycles. The molecular formula is C12H20ClN3. The zero-order valence-corrected chi connectivity index (χ0v) is 10.9. The molecule has 1 fully saturated rings. The third kappa shape index (κ3) is 2.41. The van der Waals surface area contributed by atoms with Crippen LogP contribution in [0, 0.1) is 0 Å². The zero-order valence-electron chi connectivity index (χ0n) is 10.1. The summed E-state index contributed by atoms with van der Waals surface area (Å²) in [6, 6.07) is 2.77. The van der Waals surface area contributed by atoms with Crippen LogP contribution in [0.2, 0.25) is 0 Å². The van der Waals surface area contributed by atoms with Crippen LogP contribution in [0.4, 0.5) is 0 Å². The van der Waals surface area contributed by atoms with Crippen molar-refractivity contribution in [2.45, 2.75) is 38.8 Å². The number of hydrogen-bond donors (Lipinski definition) is 0. The predicted molar refractivity (Wildman–Crippen MR) is 66.7 cm³/mol. The van der Waals surface area contributed by atoms with Gasteiger partial charge in [-0.25, -0.2) is 0 Å². The highest BCUT2D eigenvalue weighted by atomic mass is 35.5. The molecule has 1 atom stereocenters. The quantitative estimate of drug-likeness (QED) is 0.754. The minimum Gasteiger partial charge on any atom is -0.293 e. The van der Waals surface area contributed by atoms with Crippen LogP contribution in [0.3, 0.4) is 0 Å². The summed E-state index contributed by atoms with van der Waals surface area (Å²) in [6.45, 7) is 4.30. The Hall–Kier alpha value is -0.540. The van der Waals surface area contributed by atoms with Gasteiger partial charge in [-0.3, -0.25) is 9.58 Å². The minimum atomic E-state index is 0.557. The molecule has 0 bridgehead atoms. The molecule has 1 saturated heterocycles. The number of aryl methyl sites for hydroxylation is 2. The molecule has 16 heavy (non-hydrogen) atoms. The minimum absolute atomic E-state index is 0.557. The summed E-state index contributed by atoms with van der Waals surface area (Å²) < 4.78 is 2.00. The van der Waals surface area contributed by atoms with Gasteiger partial charge in [-0.2, -0.15) is 5.10 Å². The largest absolute Gasteiger partial charge is 0.293 e. The summed E-state index contributed by atoms with van der Waals surface area (Å²) in [7, 11) is 2.03. The lowest BCUT2D eigenvalue weighted by molar-refractivity contribution is 0.256. The summed E-state index contributed by atoms with van der Waals surface area (Å²) in [5.41, 5.74) is 2.48. The van der Waals surface area contributed by atoms with Gasteiger partial charge in [0.05, 0.1) is 11.4 Å². The lowest BCUT2D eigenvalue weighted by Gasteiger charge is -2.22. The van der Waals surface area contributed by atoms with Gasteiger partial charge in [-0.05, 0) is 31.9 Å². The van der Waals surface area contributed by atoms with Crippen LogP contribution >= 0.6 is 11.6 Å². The fourth-order valence-electron chi connectivity index (χ4n) is 2.38. The van der Waals surface area contributed by atoms with E-state index in [1.54, 1.807) is 0 Å². The number of alkyl halides is 1. The average Bonchev–Trinajstić information content (AvgIpc) is 2.86. The van der Waals surface area contributed by atoms with Crippen molar-refractivity contribution >= 4 is 11.6 Å². The molecule has 3 nitrogen and oxygen atoms in total. The molecule has 1 aromatic rings. The van der Waals surface area contributed by atoms with Crippen LogP contribution in [-0.2, 0) is 20.0 Å². The molecule has 4 heteroatoms. The third-order valence-corrected chi connectivity index (χ3v) is 3.79. The van der Waals surface area contributed by atoms with Crippen molar-refractivity contribution in [2.75, 3.05) is 12.4 Å². The van der Waals surface area contributed by atoms with Gasteiger partial charge in [-0.1, -0.05) is 6.92 Å². The standard InChI is InChI=1S/C12H20ClN3/c1-3-10-7-12(15(2)14-10)9-16-6-4-5-11(16)8-13/h7,11H,3-6,8-9H2,1-2H3. The second-order valence-corrected chi connectivity index (χ2v) is 4.83. The van der Waals surface area contributed by atoms with Gasteiger partial charge in [0.25, 0.3) is 0 Å². The van der Waals surface area contributed by atoms with E-state index in [1.807, 2.05) is 11.7 Å². The van der Waals surface area contributed by atoms with Crippen molar-refractivity contribution in [2.24, 2.45) is 7.05 Å². The van der Waals surface area contributed by atoms with Crippen LogP contribution in [-0.4, -0.2) is 33.1 Å². The van der Waals surface area contributed by atoms with E-state index in [1.165, 1.54) is 30.8 Å². The molecule has 0 radical (unpaired) electrons. The molecule has 1 unspecified atom stereocenters. The molecule has 90 valence electrons. The molecule has 1 aromatic heterocycles. The fourth-order valence-corrected chi connectivity index (χ4v) is 2.73. The molecule has 2 heterocycles. The molecule has 2 rings (SSSR count). The smallest absolute Gasteiger partial charge is 0.0625 e. The van der Waals surface area contributed by atoms with E-state index in [-0.39, 0.29) is 0 Å². The van der Waals surface area contributed by atoms with E-state index in [0.29, 0.717) is 6.04 Å². The van der Waals surface area contributed by atoms with Gasteiger partial charge >= 0.3 is 0 Å². The molecule has 0 aliphatic carbocycles. The lowest BCUT2D eigenvalue weighted by Crippen LogP contribution is -2.30. The van der Waals surface area contributed by atoms with Crippen molar-refractivity contribution in [3.05, 3.63) is 17.5 Å². The zero-order chi connectivity index (χ0) is 11.5. The van der Waals surface area contributed by atoms with Crippen molar-refractivity contribution in [3.63, 3.8) is 0 Å². The summed E-state index contributed by atoms with van der Waals surface area (Å²) >= 11 is 5.98. The van der Waals surface area contributed by atoms with Crippen LogP contribution in [0.5, 0.6) is 0 Å². The second kappa shape index (κ2) is 5.19. The maximum absolute atomic E-state index is 5.98. The SMILES string of the molecule is CCc1cc(CN2CCCC2CCl)n(C)n1. The molecule has 0 amide bonds. The van der Waals surface area contributed by atoms with Gasteiger partial charge in [0.2, 0.25) is 0 Å². The second-order valence-electron chi connectivity index (χ2n) is 4.53. The summed E-state index contributed by atoms with van der Waals surface area (Å²) in [5.74, 6) is 0.748. The number of likely N-dealkylation sites (tertiary alicyclic amines) is 1. The Bertz CT molecular complexity index is 348. The average molecular weight is 242 g/mol. The van der Waals surface area contributed by atoms with E-state index in [9.17, 15) is 0 Å². The molecule has 0 N–H and O–H groups in total. The Morgan fingerprint density at radius 1 is 1.56 bits per heavy atom. The van der Waals surface area contributed by atoms with E-state index in [4.69, 9.17) is 11.6 Å². The van der Waals surface area contributed by atoms with Crippen molar-refractivity contribution < 1.29 is 0 Å². The first-order chi connectivity index (χ1) is 7.74. The van der Waals surface area contributed by atoms with Crippen molar-refractivity contribution in [3.8, 4) is 0 Å². The van der Waals surface area contributed by atoms with Crippen LogP contribution in [0.1, 0.15) is 31.2 Å². The van der Waals surface area contributed by atoms with Crippen LogP contribution < -0.4 is 0 Å².